The summed E-state index contributed by atoms with van der Waals surface area (Å²) in [5.41, 5.74) is -1.94. The molecule has 74 valence electrons. The molecular formula is C4H3F3N2O4. The van der Waals surface area contributed by atoms with E-state index in [0.717, 1.165) is 5.43 Å². The number of rotatable bonds is 3. The van der Waals surface area contributed by atoms with Crippen LogP contribution in [0.5, 0.6) is 0 Å². The Labute approximate surface area is 67.4 Å². The lowest BCUT2D eigenvalue weighted by molar-refractivity contribution is -0.0466. The zero-order valence-electron chi connectivity index (χ0n) is 5.92. The minimum absolute atomic E-state index is 0.301. The van der Waals surface area contributed by atoms with Gasteiger partial charge < -0.3 is 0 Å². The molecule has 0 aliphatic heterocycles. The van der Waals surface area contributed by atoms with Gasteiger partial charge in [-0.2, -0.15) is 8.78 Å². The van der Waals surface area contributed by atoms with Crippen molar-refractivity contribution >= 4 is 0 Å². The molecule has 0 amide bonds. The first-order valence-corrected chi connectivity index (χ1v) is 2.90. The van der Waals surface area contributed by atoms with E-state index in [4.69, 9.17) is 0 Å². The summed E-state index contributed by atoms with van der Waals surface area (Å²) < 4.78 is 43.3. The first-order chi connectivity index (χ1) is 5.94. The number of aromatic nitrogens is 1. The van der Waals surface area contributed by atoms with Crippen LogP contribution in [0.3, 0.4) is 0 Å². The fraction of sp³-hybridized carbons (Fsp3) is 0.500. The molecular weight excluding hydrogens is 197 g/mol. The topological polar surface area (TPSA) is 77.4 Å². The molecule has 0 aliphatic carbocycles. The van der Waals surface area contributed by atoms with E-state index in [1.54, 1.807) is 0 Å². The third-order valence-electron chi connectivity index (χ3n) is 0.921. The summed E-state index contributed by atoms with van der Waals surface area (Å²) in [6, 6.07) is -3.97. The molecule has 9 heteroatoms. The fourth-order valence-corrected chi connectivity index (χ4v) is 0.453. The van der Waals surface area contributed by atoms with Crippen LogP contribution in [0, 0.1) is 0 Å². The zero-order valence-corrected chi connectivity index (χ0v) is 5.92. The lowest BCUT2D eigenvalue weighted by atomic mass is 10.6. The van der Waals surface area contributed by atoms with Crippen molar-refractivity contribution in [3.63, 3.8) is 0 Å². The number of halogens is 3. The molecule has 1 aromatic heterocycles. The fourth-order valence-electron chi connectivity index (χ4n) is 0.453. The van der Waals surface area contributed by atoms with Gasteiger partial charge >= 0.3 is 17.3 Å². The van der Waals surface area contributed by atoms with Gasteiger partial charge in [0.1, 0.15) is 0 Å². The van der Waals surface area contributed by atoms with Gasteiger partial charge in [-0.25, -0.2) is 19.4 Å². The zero-order chi connectivity index (χ0) is 10.1. The average Bonchev–Trinajstić information content (AvgIpc) is 2.30. The van der Waals surface area contributed by atoms with E-state index in [-0.39, 0.29) is 5.02 Å². The summed E-state index contributed by atoms with van der Waals surface area (Å²) >= 11 is 0. The second kappa shape index (κ2) is 2.99. The molecule has 6 nitrogen and oxygen atoms in total. The molecule has 1 heterocycles. The summed E-state index contributed by atoms with van der Waals surface area (Å²) in [7, 11) is 0. The SMILES string of the molecule is O=c1on(NC(F)(F)CF)oc1=O. The first kappa shape index (κ1) is 9.42. The molecule has 1 rings (SSSR count). The second-order valence-corrected chi connectivity index (χ2v) is 1.96. The van der Waals surface area contributed by atoms with Crippen LogP contribution in [0.4, 0.5) is 13.2 Å². The molecule has 0 unspecified atom stereocenters. The third-order valence-corrected chi connectivity index (χ3v) is 0.921. The second-order valence-electron chi connectivity index (χ2n) is 1.96. The van der Waals surface area contributed by atoms with E-state index < -0.39 is 24.0 Å². The van der Waals surface area contributed by atoms with Gasteiger partial charge in [0.05, 0.1) is 5.02 Å². The van der Waals surface area contributed by atoms with Gasteiger partial charge in [-0.1, -0.05) is 0 Å². The maximum Gasteiger partial charge on any atom is 0.448 e. The number of hydrogen-bond donors (Lipinski definition) is 1. The van der Waals surface area contributed by atoms with E-state index in [0.29, 0.717) is 0 Å². The van der Waals surface area contributed by atoms with Crippen LogP contribution in [0.15, 0.2) is 18.6 Å². The maximum absolute atomic E-state index is 12.1. The molecule has 0 aromatic carbocycles. The van der Waals surface area contributed by atoms with Gasteiger partial charge in [0.25, 0.3) is 0 Å². The van der Waals surface area contributed by atoms with Crippen molar-refractivity contribution in [2.24, 2.45) is 0 Å². The Morgan fingerprint density at radius 2 is 1.77 bits per heavy atom. The number of nitrogens with zero attached hydrogens (tertiary/aromatic N) is 1. The van der Waals surface area contributed by atoms with Gasteiger partial charge in [-0.15, -0.1) is 0 Å². The number of nitrogens with one attached hydrogen (secondary N) is 1. The van der Waals surface area contributed by atoms with Crippen LogP contribution in [0.1, 0.15) is 0 Å². The van der Waals surface area contributed by atoms with E-state index >= 15 is 0 Å². The van der Waals surface area contributed by atoms with Crippen molar-refractivity contribution in [2.45, 2.75) is 6.05 Å². The van der Waals surface area contributed by atoms with Crippen molar-refractivity contribution < 1.29 is 22.2 Å². The number of alkyl halides is 3. The molecule has 0 saturated heterocycles. The Balaban J connectivity index is 2.87. The molecule has 0 atom stereocenters. The van der Waals surface area contributed by atoms with E-state index in [1.165, 1.54) is 0 Å². The molecule has 0 bridgehead atoms. The van der Waals surface area contributed by atoms with Gasteiger partial charge in [0.15, 0.2) is 6.67 Å². The molecule has 0 spiro atoms. The molecule has 13 heavy (non-hydrogen) atoms. The highest BCUT2D eigenvalue weighted by Gasteiger charge is 2.30. The van der Waals surface area contributed by atoms with Crippen LogP contribution in [0.25, 0.3) is 0 Å². The highest BCUT2D eigenvalue weighted by molar-refractivity contribution is 4.72. The molecule has 0 radical (unpaired) electrons. The van der Waals surface area contributed by atoms with Crippen LogP contribution in [-0.2, 0) is 0 Å². The normalized spacial score (nSPS) is 11.6. The van der Waals surface area contributed by atoms with E-state index in [1.807, 2.05) is 0 Å². The minimum Gasteiger partial charge on any atom is -0.279 e. The first-order valence-electron chi connectivity index (χ1n) is 2.90. The Bertz CT molecular complexity index is 363. The Morgan fingerprint density at radius 1 is 1.31 bits per heavy atom. The summed E-state index contributed by atoms with van der Waals surface area (Å²) in [4.78, 5) is 20.5. The van der Waals surface area contributed by atoms with Gasteiger partial charge in [-0.3, -0.25) is 9.05 Å². The predicted octanol–water partition coefficient (Wildman–Crippen LogP) is -0.500. The summed E-state index contributed by atoms with van der Waals surface area (Å²) in [5.74, 6) is 0. The van der Waals surface area contributed by atoms with Crippen LogP contribution in [-0.4, -0.2) is 17.7 Å². The lowest BCUT2D eigenvalue weighted by Crippen LogP contribution is -2.36. The Morgan fingerprint density at radius 3 is 2.15 bits per heavy atom. The highest BCUT2D eigenvalue weighted by atomic mass is 19.3. The van der Waals surface area contributed by atoms with Crippen LogP contribution in [0.2, 0.25) is 0 Å². The largest absolute Gasteiger partial charge is 0.448 e. The molecule has 0 aliphatic rings. The summed E-state index contributed by atoms with van der Waals surface area (Å²) in [5, 5.41) is -0.301. The van der Waals surface area contributed by atoms with Crippen molar-refractivity contribution in [1.82, 2.24) is 5.02 Å². The Kier molecular flexibility index (Phi) is 2.17. The minimum atomic E-state index is -3.97. The predicted molar refractivity (Wildman–Crippen MR) is 31.8 cm³/mol. The van der Waals surface area contributed by atoms with Crippen molar-refractivity contribution in [2.75, 3.05) is 12.1 Å². The molecule has 0 fully saturated rings. The smallest absolute Gasteiger partial charge is 0.279 e. The maximum atomic E-state index is 12.1. The van der Waals surface area contributed by atoms with Gasteiger partial charge in [0, 0.05) is 0 Å². The van der Waals surface area contributed by atoms with E-state index in [9.17, 15) is 22.8 Å². The summed E-state index contributed by atoms with van der Waals surface area (Å²) in [6.45, 7) is -2.04. The van der Waals surface area contributed by atoms with E-state index in [2.05, 4.69) is 9.05 Å². The number of hydrogen-bond acceptors (Lipinski definition) is 5. The van der Waals surface area contributed by atoms with Crippen molar-refractivity contribution in [3.05, 3.63) is 20.8 Å². The average molecular weight is 200 g/mol. The van der Waals surface area contributed by atoms with Gasteiger partial charge in [-0.05, 0) is 0 Å². The highest BCUT2D eigenvalue weighted by Crippen LogP contribution is 2.09. The van der Waals surface area contributed by atoms with Crippen LogP contribution >= 0.6 is 0 Å². The molecule has 1 aromatic rings. The van der Waals surface area contributed by atoms with Crippen molar-refractivity contribution in [1.29, 1.82) is 0 Å². The lowest BCUT2D eigenvalue weighted by Gasteiger charge is -2.11. The third kappa shape index (κ3) is 2.13. The molecule has 0 saturated carbocycles. The van der Waals surface area contributed by atoms with Crippen molar-refractivity contribution in [3.8, 4) is 0 Å². The Hall–Kier alpha value is -1.67. The van der Waals surface area contributed by atoms with Gasteiger partial charge in [0.2, 0.25) is 0 Å². The van der Waals surface area contributed by atoms with Crippen LogP contribution < -0.4 is 16.7 Å². The quantitative estimate of drug-likeness (QED) is 0.525. The molecule has 1 N–H and O–H groups in total. The summed E-state index contributed by atoms with van der Waals surface area (Å²) in [6.07, 6.45) is 0. The standard InChI is InChI=1S/C4H3F3N2O4/c5-1-4(6,7)8-9-12-2(10)3(11)13-9/h8H,1H2. The monoisotopic (exact) mass is 200 g/mol.